The molecule has 0 bridgehead atoms. The van der Waals surface area contributed by atoms with E-state index < -0.39 is 23.5 Å². The maximum absolute atomic E-state index is 13.7. The second kappa shape index (κ2) is 35.4. The number of hydrogen-bond donors (Lipinski definition) is 1. The molecule has 0 radical (unpaired) electrons. The smallest absolute Gasteiger partial charge is 0.416 e. The summed E-state index contributed by atoms with van der Waals surface area (Å²) in [5.74, 6) is 0.903. The Bertz CT molecular complexity index is 3170. The molecule has 4 aromatic carbocycles. The quantitative estimate of drug-likeness (QED) is 0.0388. The summed E-state index contributed by atoms with van der Waals surface area (Å²) >= 11 is 15.5. The molecule has 2 aliphatic rings. The highest BCUT2D eigenvalue weighted by atomic mass is 79.9. The van der Waals surface area contributed by atoms with Gasteiger partial charge in [-0.1, -0.05) is 114 Å². The van der Waals surface area contributed by atoms with Gasteiger partial charge in [-0.25, -0.2) is 29.5 Å². The fraction of sp³-hybridized carbons (Fsp3) is 0.485. The number of amides is 2. The number of aromatic nitrogens is 4. The van der Waals surface area contributed by atoms with Gasteiger partial charge in [-0.2, -0.15) is 26.3 Å². The van der Waals surface area contributed by atoms with Gasteiger partial charge >= 0.3 is 24.5 Å². The average molecular weight is 1380 g/mol. The van der Waals surface area contributed by atoms with Crippen molar-refractivity contribution in [3.63, 3.8) is 0 Å². The van der Waals surface area contributed by atoms with Crippen LogP contribution < -0.4 is 14.5 Å². The zero-order chi connectivity index (χ0) is 66.4. The molecular weight excluding hydrogens is 1300 g/mol. The Morgan fingerprint density at radius 3 is 1.31 bits per heavy atom. The summed E-state index contributed by atoms with van der Waals surface area (Å²) in [4.78, 5) is 51.9. The number of nitrogens with zero attached hydrogens (tertiary/aromatic N) is 8. The van der Waals surface area contributed by atoms with Gasteiger partial charge in [0.05, 0.1) is 61.3 Å². The maximum Gasteiger partial charge on any atom is 0.416 e. The molecule has 8 rings (SSSR count). The molecule has 2 fully saturated rings. The number of methoxy groups -OCH3 is 2. The number of halogens is 9. The minimum atomic E-state index is -4.56. The van der Waals surface area contributed by atoms with E-state index in [1.165, 1.54) is 36.9 Å². The number of carbonyl (C=O) groups is 2. The highest BCUT2D eigenvalue weighted by Gasteiger charge is 2.44. The second-order valence-electron chi connectivity index (χ2n) is 22.7. The summed E-state index contributed by atoms with van der Waals surface area (Å²) < 4.78 is 109. The first-order valence-corrected chi connectivity index (χ1v) is 32.0. The summed E-state index contributed by atoms with van der Waals surface area (Å²) in [5.41, 5.74) is 1.15. The topological polar surface area (TPSA) is 165 Å². The number of likely N-dealkylation sites (tertiary alicyclic amines) is 2. The zero-order valence-corrected chi connectivity index (χ0v) is 55.4. The molecule has 496 valence electrons. The van der Waals surface area contributed by atoms with E-state index in [0.29, 0.717) is 87.4 Å². The number of ether oxygens (including phenoxy) is 5. The fourth-order valence-corrected chi connectivity index (χ4v) is 12.1. The molecule has 0 unspecified atom stereocenters. The normalized spacial score (nSPS) is 18.4. The van der Waals surface area contributed by atoms with Crippen LogP contribution in [-0.2, 0) is 57.2 Å². The molecule has 0 saturated carbocycles. The minimum Gasteiger partial charge on any atom is -0.505 e. The van der Waals surface area contributed by atoms with Gasteiger partial charge in [0, 0.05) is 78.9 Å². The van der Waals surface area contributed by atoms with Gasteiger partial charge in [0.15, 0.2) is 11.5 Å². The average Bonchev–Trinajstić information content (AvgIpc) is 0.855. The maximum atomic E-state index is 13.7. The third-order valence-corrected chi connectivity index (χ3v) is 15.9. The predicted molar refractivity (Wildman–Crippen MR) is 343 cm³/mol. The van der Waals surface area contributed by atoms with E-state index in [-0.39, 0.29) is 95.5 Å². The molecule has 25 heteroatoms. The van der Waals surface area contributed by atoms with E-state index in [0.717, 1.165) is 47.3 Å². The Labute approximate surface area is 547 Å². The summed E-state index contributed by atoms with van der Waals surface area (Å²) in [6, 6.07) is 25.4. The van der Waals surface area contributed by atoms with Crippen LogP contribution in [0.15, 0.2) is 122 Å². The Kier molecular flexibility index (Phi) is 28.5. The largest absolute Gasteiger partial charge is 0.505 e. The lowest BCUT2D eigenvalue weighted by molar-refractivity contribution is -0.138. The highest BCUT2D eigenvalue weighted by molar-refractivity contribution is 9.09. The minimum absolute atomic E-state index is 0.0118. The number of alkyl halides is 7. The van der Waals surface area contributed by atoms with Crippen molar-refractivity contribution in [1.82, 2.24) is 29.7 Å². The van der Waals surface area contributed by atoms with Crippen molar-refractivity contribution in [2.75, 3.05) is 49.2 Å². The van der Waals surface area contributed by atoms with Crippen LogP contribution >= 0.6 is 39.1 Å². The van der Waals surface area contributed by atoms with Crippen molar-refractivity contribution in [2.45, 2.75) is 167 Å². The van der Waals surface area contributed by atoms with Crippen molar-refractivity contribution < 1.29 is 64.7 Å². The van der Waals surface area contributed by atoms with Crippen molar-refractivity contribution in [1.29, 1.82) is 0 Å². The molecule has 2 aromatic heterocycles. The Balaban J connectivity index is 0.000000270. The lowest BCUT2D eigenvalue weighted by Gasteiger charge is -2.47. The molecule has 1 N–H and O–H groups in total. The number of benzene rings is 4. The Hall–Kier alpha value is -6.66. The molecule has 6 atom stereocenters. The SMILES string of the molecule is CC[C@@H]1C[C@H](N(Cc2cc(Cl)cc(C(F)(F)F)c2)c2ncc(O)cn2)C[C@H](Cc2ccccc2)N1C(=O)OC(C)C.CC[C@@H]1C[C@H](N(Cc2cc(Cl)cc(C(F)(F)F)c2)c2ncc(OCCOC)cn2)C[C@H](Cc2ccccc2)N1C(=O)OC(C)C.COCCBr. The van der Waals surface area contributed by atoms with Crippen LogP contribution in [0.2, 0.25) is 10.0 Å². The van der Waals surface area contributed by atoms with E-state index in [1.54, 1.807) is 14.2 Å². The molecule has 2 saturated heterocycles. The van der Waals surface area contributed by atoms with E-state index in [2.05, 4.69) is 40.6 Å². The van der Waals surface area contributed by atoms with Gasteiger partial charge in [0.2, 0.25) is 11.9 Å². The van der Waals surface area contributed by atoms with Gasteiger partial charge in [-0.3, -0.25) is 0 Å². The van der Waals surface area contributed by atoms with E-state index in [4.69, 9.17) is 42.1 Å². The molecule has 16 nitrogen and oxygen atoms in total. The number of aromatic hydroxyl groups is 1. The Morgan fingerprint density at radius 2 is 0.967 bits per heavy atom. The summed E-state index contributed by atoms with van der Waals surface area (Å²) in [5, 5.41) is 10.7. The second-order valence-corrected chi connectivity index (χ2v) is 24.3. The number of carbonyl (C=O) groups excluding carboxylic acids is 2. The standard InChI is InChI=1S/C33H40ClF3N4O4.C30H34ClF3N4O3.C3H7BrO/c1-5-27-17-28(18-29(15-23-9-7-6-8-10-23)41(27)32(42)45-22(2)3)40(31-38-19-30(20-39-31)44-12-11-43-4)21-24-13-25(33(35,36)37)16-26(34)14-24;1-4-24-14-25(15-26(12-20-8-6-5-7-9-20)38(24)29(40)41-19(2)3)37(28-35-16-27(39)17-36-28)18-21-10-22(30(32,33)34)13-23(31)11-21;1-5-3-2-4/h6-10,13-14,16,19-20,22,27-29H,5,11-12,15,17-18,21H2,1-4H3;5-11,13,16-17,19,24-26,39H,4,12,14-15,18H2,1-3H3;2-3H2,1H3/t27-,28+,29+;24-,25+,26+;/m11./s1. The van der Waals surface area contributed by atoms with Crippen molar-refractivity contribution in [3.8, 4) is 11.5 Å². The third-order valence-electron chi connectivity index (χ3n) is 15.2. The third kappa shape index (κ3) is 22.6. The van der Waals surface area contributed by atoms with Crippen LogP contribution in [0, 0.1) is 0 Å². The molecule has 0 spiro atoms. The van der Waals surface area contributed by atoms with Crippen LogP contribution in [0.25, 0.3) is 0 Å². The summed E-state index contributed by atoms with van der Waals surface area (Å²) in [6.45, 7) is 12.9. The zero-order valence-electron chi connectivity index (χ0n) is 52.3. The molecular formula is C66H81BrCl2F6N8O8. The van der Waals surface area contributed by atoms with Crippen molar-refractivity contribution in [3.05, 3.63) is 165 Å². The van der Waals surface area contributed by atoms with Gasteiger partial charge in [-0.05, 0) is 138 Å². The first-order valence-electron chi connectivity index (χ1n) is 30.2. The van der Waals surface area contributed by atoms with E-state index in [9.17, 15) is 41.0 Å². The van der Waals surface area contributed by atoms with Crippen molar-refractivity contribution in [2.24, 2.45) is 0 Å². The highest BCUT2D eigenvalue weighted by Crippen LogP contribution is 2.39. The molecule has 2 amide bonds. The van der Waals surface area contributed by atoms with Gasteiger partial charge in [0.25, 0.3) is 0 Å². The van der Waals surface area contributed by atoms with Crippen LogP contribution in [0.5, 0.6) is 11.5 Å². The van der Waals surface area contributed by atoms with E-state index >= 15 is 0 Å². The molecule has 6 aromatic rings. The van der Waals surface area contributed by atoms with Crippen LogP contribution in [0.1, 0.15) is 113 Å². The lowest BCUT2D eigenvalue weighted by atomic mass is 9.86. The number of rotatable bonds is 22. The van der Waals surface area contributed by atoms with Gasteiger partial charge in [0.1, 0.15) is 6.61 Å². The molecule has 91 heavy (non-hydrogen) atoms. The van der Waals surface area contributed by atoms with Crippen LogP contribution in [0.3, 0.4) is 0 Å². The fourth-order valence-electron chi connectivity index (χ4n) is 11.2. The molecule has 4 heterocycles. The summed E-state index contributed by atoms with van der Waals surface area (Å²) in [6.07, 6.45) is -0.343. The lowest BCUT2D eigenvalue weighted by Crippen LogP contribution is -2.58. The molecule has 0 aliphatic carbocycles. The first-order chi connectivity index (χ1) is 43.3. The Morgan fingerprint density at radius 1 is 0.582 bits per heavy atom. The van der Waals surface area contributed by atoms with Crippen LogP contribution in [0.4, 0.5) is 47.8 Å². The monoisotopic (exact) mass is 1380 g/mol. The number of piperidine rings is 2. The van der Waals surface area contributed by atoms with Crippen molar-refractivity contribution >= 4 is 63.2 Å². The number of anilines is 2. The van der Waals surface area contributed by atoms with Crippen LogP contribution in [-0.4, -0.2) is 135 Å². The van der Waals surface area contributed by atoms with E-state index in [1.807, 2.05) is 122 Å². The number of hydrogen-bond acceptors (Lipinski definition) is 14. The summed E-state index contributed by atoms with van der Waals surface area (Å²) in [7, 11) is 3.25. The predicted octanol–water partition coefficient (Wildman–Crippen LogP) is 15.9. The van der Waals surface area contributed by atoms with Gasteiger partial charge in [-0.15, -0.1) is 0 Å². The first kappa shape index (κ1) is 73.4. The van der Waals surface area contributed by atoms with Gasteiger partial charge < -0.3 is 48.4 Å². The molecule has 2 aliphatic heterocycles.